The summed E-state index contributed by atoms with van der Waals surface area (Å²) >= 11 is 0. The molecule has 0 bridgehead atoms. The Kier molecular flexibility index (Phi) is 2.86. The van der Waals surface area contributed by atoms with Crippen LogP contribution < -0.4 is 0 Å². The lowest BCUT2D eigenvalue weighted by Crippen LogP contribution is -2.75. The van der Waals surface area contributed by atoms with E-state index in [1.807, 2.05) is 0 Å². The van der Waals surface area contributed by atoms with Crippen LogP contribution >= 0.6 is 0 Å². The van der Waals surface area contributed by atoms with Gasteiger partial charge in [0.05, 0.1) is 0 Å². The van der Waals surface area contributed by atoms with E-state index in [4.69, 9.17) is 0 Å². The number of hydrogen-bond donors (Lipinski definition) is 0. The van der Waals surface area contributed by atoms with Gasteiger partial charge in [0.1, 0.15) is 0 Å². The molecule has 0 aliphatic heterocycles. The minimum atomic E-state index is 0.370. The van der Waals surface area contributed by atoms with Crippen molar-refractivity contribution >= 4 is 0 Å². The van der Waals surface area contributed by atoms with Crippen molar-refractivity contribution in [3.05, 3.63) is 70.8 Å². The van der Waals surface area contributed by atoms with Crippen molar-refractivity contribution in [3.8, 4) is 0 Å². The van der Waals surface area contributed by atoms with Gasteiger partial charge in [-0.2, -0.15) is 0 Å². The van der Waals surface area contributed by atoms with Crippen LogP contribution in [0.4, 0.5) is 0 Å². The first-order valence-electron chi connectivity index (χ1n) is 8.67. The Bertz CT molecular complexity index is 630. The summed E-state index contributed by atoms with van der Waals surface area (Å²) in [4.78, 5) is 0. The van der Waals surface area contributed by atoms with Crippen molar-refractivity contribution in [2.45, 2.75) is 51.4 Å². The Morgan fingerprint density at radius 2 is 0.955 bits per heavy atom. The van der Waals surface area contributed by atoms with E-state index in [0.717, 1.165) is 11.8 Å². The van der Waals surface area contributed by atoms with Crippen LogP contribution in [0.2, 0.25) is 0 Å². The predicted molar refractivity (Wildman–Crippen MR) is 93.3 cm³/mol. The molecular formula is C22H26. The van der Waals surface area contributed by atoms with E-state index in [1.54, 1.807) is 11.1 Å². The van der Waals surface area contributed by atoms with Crippen LogP contribution in [0.1, 0.15) is 48.9 Å². The van der Waals surface area contributed by atoms with Crippen LogP contribution in [0.25, 0.3) is 0 Å². The molecular weight excluding hydrogens is 264 g/mol. The van der Waals surface area contributed by atoms with Gasteiger partial charge in [-0.05, 0) is 49.7 Å². The molecule has 0 heterocycles. The average molecular weight is 290 g/mol. The fraction of sp³-hybridized carbons (Fsp3) is 0.455. The SMILES string of the molecule is Cc1ccc([C@]23CC[C@@]2(c2ccc(C)cc2)[C@H](C)[C@H]3C)cc1. The molecule has 2 fully saturated rings. The highest BCUT2D eigenvalue weighted by molar-refractivity contribution is 5.51. The van der Waals surface area contributed by atoms with Gasteiger partial charge in [-0.3, -0.25) is 0 Å². The Balaban J connectivity index is 1.84. The minimum Gasteiger partial charge on any atom is -0.0613 e. The van der Waals surface area contributed by atoms with Gasteiger partial charge in [0.25, 0.3) is 0 Å². The van der Waals surface area contributed by atoms with Crippen LogP contribution in [-0.2, 0) is 10.8 Å². The summed E-state index contributed by atoms with van der Waals surface area (Å²) in [5, 5.41) is 0. The zero-order valence-corrected chi connectivity index (χ0v) is 14.2. The van der Waals surface area contributed by atoms with Crippen molar-refractivity contribution in [3.63, 3.8) is 0 Å². The second kappa shape index (κ2) is 4.47. The molecule has 4 rings (SSSR count). The zero-order valence-electron chi connectivity index (χ0n) is 14.2. The predicted octanol–water partition coefficient (Wildman–Crippen LogP) is 5.56. The molecule has 2 aliphatic rings. The molecule has 4 atom stereocenters. The highest BCUT2D eigenvalue weighted by Crippen LogP contribution is 2.76. The molecule has 0 aromatic heterocycles. The molecule has 2 aliphatic carbocycles. The summed E-state index contributed by atoms with van der Waals surface area (Å²) in [6, 6.07) is 18.7. The smallest absolute Gasteiger partial charge is 0.00812 e. The summed E-state index contributed by atoms with van der Waals surface area (Å²) in [6.07, 6.45) is 2.69. The third kappa shape index (κ3) is 1.44. The van der Waals surface area contributed by atoms with E-state index in [2.05, 4.69) is 76.2 Å². The lowest BCUT2D eigenvalue weighted by molar-refractivity contribution is -0.155. The second-order valence-electron chi connectivity index (χ2n) is 7.75. The van der Waals surface area contributed by atoms with E-state index in [0.29, 0.717) is 10.8 Å². The van der Waals surface area contributed by atoms with Crippen molar-refractivity contribution in [1.82, 2.24) is 0 Å². The molecule has 22 heavy (non-hydrogen) atoms. The number of aryl methyl sites for hydroxylation is 2. The maximum atomic E-state index is 2.47. The quantitative estimate of drug-likeness (QED) is 0.679. The second-order valence-corrected chi connectivity index (χ2v) is 7.75. The van der Waals surface area contributed by atoms with Gasteiger partial charge < -0.3 is 0 Å². The Morgan fingerprint density at radius 1 is 0.636 bits per heavy atom. The van der Waals surface area contributed by atoms with E-state index in [-0.39, 0.29) is 0 Å². The van der Waals surface area contributed by atoms with Crippen molar-refractivity contribution in [2.75, 3.05) is 0 Å². The fourth-order valence-corrected chi connectivity index (χ4v) is 5.72. The molecule has 0 nitrogen and oxygen atoms in total. The van der Waals surface area contributed by atoms with E-state index < -0.39 is 0 Å². The first-order valence-corrected chi connectivity index (χ1v) is 8.67. The number of rotatable bonds is 2. The molecule has 0 spiro atoms. The summed E-state index contributed by atoms with van der Waals surface area (Å²) < 4.78 is 0. The molecule has 114 valence electrons. The standard InChI is InChI=1S/C22H26/c1-15-5-9-19(10-6-15)21-13-14-22(21,18(4)17(21)3)20-11-7-16(2)8-12-20/h5-12,17-18H,13-14H2,1-4H3/t17-,18-,21-,22+/m1/s1. The summed E-state index contributed by atoms with van der Waals surface area (Å²) in [6.45, 7) is 9.30. The van der Waals surface area contributed by atoms with Gasteiger partial charge in [0, 0.05) is 10.8 Å². The van der Waals surface area contributed by atoms with E-state index in [9.17, 15) is 0 Å². The van der Waals surface area contributed by atoms with Gasteiger partial charge >= 0.3 is 0 Å². The lowest BCUT2D eigenvalue weighted by atomic mass is 9.26. The van der Waals surface area contributed by atoms with Crippen LogP contribution in [0.15, 0.2) is 48.5 Å². The average Bonchev–Trinajstić information content (AvgIpc) is 2.50. The molecule has 0 heteroatoms. The van der Waals surface area contributed by atoms with Gasteiger partial charge in [-0.25, -0.2) is 0 Å². The Hall–Kier alpha value is -1.56. The Labute approximate surface area is 134 Å². The molecule has 0 unspecified atom stereocenters. The number of hydrogen-bond acceptors (Lipinski definition) is 0. The van der Waals surface area contributed by atoms with Gasteiger partial charge in [0.15, 0.2) is 0 Å². The van der Waals surface area contributed by atoms with Crippen LogP contribution in [-0.4, -0.2) is 0 Å². The fourth-order valence-electron chi connectivity index (χ4n) is 5.72. The van der Waals surface area contributed by atoms with Gasteiger partial charge in [-0.1, -0.05) is 73.5 Å². The highest BCUT2D eigenvalue weighted by atomic mass is 14.8. The molecule has 0 N–H and O–H groups in total. The maximum Gasteiger partial charge on any atom is 0.00812 e. The highest BCUT2D eigenvalue weighted by Gasteiger charge is 2.74. The van der Waals surface area contributed by atoms with Crippen molar-refractivity contribution in [2.24, 2.45) is 11.8 Å². The Morgan fingerprint density at radius 3 is 1.23 bits per heavy atom. The van der Waals surface area contributed by atoms with Crippen molar-refractivity contribution < 1.29 is 0 Å². The summed E-state index contributed by atoms with van der Waals surface area (Å²) in [5.41, 5.74) is 6.59. The van der Waals surface area contributed by atoms with Gasteiger partial charge in [0.2, 0.25) is 0 Å². The largest absolute Gasteiger partial charge is 0.0613 e. The van der Waals surface area contributed by atoms with Crippen molar-refractivity contribution in [1.29, 1.82) is 0 Å². The normalized spacial score (nSPS) is 36.2. The minimum absolute atomic E-state index is 0.370. The molecule has 2 saturated carbocycles. The molecule has 2 aromatic rings. The number of benzene rings is 2. The molecule has 0 saturated heterocycles. The topological polar surface area (TPSA) is 0 Å². The molecule has 0 amide bonds. The van der Waals surface area contributed by atoms with Gasteiger partial charge in [-0.15, -0.1) is 0 Å². The third-order valence-electron chi connectivity index (χ3n) is 7.15. The molecule has 0 radical (unpaired) electrons. The monoisotopic (exact) mass is 290 g/mol. The van der Waals surface area contributed by atoms with E-state index in [1.165, 1.54) is 24.0 Å². The molecule has 2 aromatic carbocycles. The number of fused-ring (bicyclic) bond motifs is 1. The first-order chi connectivity index (χ1) is 10.5. The summed E-state index contributed by atoms with van der Waals surface area (Å²) in [7, 11) is 0. The summed E-state index contributed by atoms with van der Waals surface area (Å²) in [5.74, 6) is 1.54. The zero-order chi connectivity index (χ0) is 15.5. The van der Waals surface area contributed by atoms with Crippen LogP contribution in [0.3, 0.4) is 0 Å². The van der Waals surface area contributed by atoms with Crippen LogP contribution in [0, 0.1) is 25.7 Å². The lowest BCUT2D eigenvalue weighted by Gasteiger charge is -2.76. The van der Waals surface area contributed by atoms with Crippen LogP contribution in [0.5, 0.6) is 0 Å². The first kappa shape index (κ1) is 14.1. The van der Waals surface area contributed by atoms with E-state index >= 15 is 0 Å². The third-order valence-corrected chi connectivity index (χ3v) is 7.15. The maximum absolute atomic E-state index is 2.47.